The Kier molecular flexibility index (Phi) is 7.60. The van der Waals surface area contributed by atoms with E-state index in [4.69, 9.17) is 4.98 Å². The van der Waals surface area contributed by atoms with Gasteiger partial charge in [0.25, 0.3) is 6.43 Å². The van der Waals surface area contributed by atoms with Crippen LogP contribution in [0.25, 0.3) is 22.3 Å². The Morgan fingerprint density at radius 2 is 1.86 bits per heavy atom. The minimum Gasteiger partial charge on any atom is -0.383 e. The van der Waals surface area contributed by atoms with E-state index in [1.807, 2.05) is 39.0 Å². The molecule has 2 N–H and O–H groups in total. The molecular weight excluding hydrogens is 450 g/mol. The molecule has 8 heteroatoms. The zero-order valence-electron chi connectivity index (χ0n) is 20.3. The van der Waals surface area contributed by atoms with E-state index in [1.54, 1.807) is 18.2 Å². The van der Waals surface area contributed by atoms with Gasteiger partial charge in [-0.05, 0) is 49.3 Å². The highest BCUT2D eigenvalue weighted by molar-refractivity contribution is 5.91. The van der Waals surface area contributed by atoms with Crippen LogP contribution in [0.4, 0.5) is 14.6 Å². The molecule has 1 amide bonds. The summed E-state index contributed by atoms with van der Waals surface area (Å²) in [6.07, 6.45) is -1.93. The largest absolute Gasteiger partial charge is 0.383 e. The van der Waals surface area contributed by atoms with Crippen LogP contribution in [0.3, 0.4) is 0 Å². The number of rotatable bonds is 7. The lowest BCUT2D eigenvalue weighted by molar-refractivity contribution is -0.131. The molecule has 2 aromatic carbocycles. The SMILES string of the molecule is Cc1ccc2c(N3CCC(CNC(=O)[C@H](O)C(C)C)CC3)nc(-c3ccccc3C(F)F)nc2c1. The summed E-state index contributed by atoms with van der Waals surface area (Å²) in [4.78, 5) is 23.7. The first-order valence-electron chi connectivity index (χ1n) is 12.1. The van der Waals surface area contributed by atoms with Gasteiger partial charge in [0.1, 0.15) is 11.9 Å². The maximum atomic E-state index is 13.7. The second kappa shape index (κ2) is 10.6. The van der Waals surface area contributed by atoms with Gasteiger partial charge < -0.3 is 15.3 Å². The van der Waals surface area contributed by atoms with Crippen LogP contribution in [-0.2, 0) is 4.79 Å². The van der Waals surface area contributed by atoms with Gasteiger partial charge in [0, 0.05) is 36.1 Å². The number of nitrogens with one attached hydrogen (secondary N) is 1. The molecule has 2 heterocycles. The van der Waals surface area contributed by atoms with Crippen LogP contribution in [0.5, 0.6) is 0 Å². The predicted molar refractivity (Wildman–Crippen MR) is 133 cm³/mol. The van der Waals surface area contributed by atoms with Crippen molar-refractivity contribution in [3.63, 3.8) is 0 Å². The van der Waals surface area contributed by atoms with E-state index in [9.17, 15) is 18.7 Å². The normalized spacial score (nSPS) is 15.7. The van der Waals surface area contributed by atoms with E-state index in [0.717, 1.165) is 48.2 Å². The number of aliphatic hydroxyl groups excluding tert-OH is 1. The average molecular weight is 483 g/mol. The van der Waals surface area contributed by atoms with Gasteiger partial charge in [-0.25, -0.2) is 18.7 Å². The number of hydrogen-bond acceptors (Lipinski definition) is 5. The molecule has 1 aliphatic rings. The van der Waals surface area contributed by atoms with Gasteiger partial charge in [0.05, 0.1) is 5.52 Å². The molecule has 0 spiro atoms. The van der Waals surface area contributed by atoms with Crippen molar-refractivity contribution in [2.24, 2.45) is 11.8 Å². The highest BCUT2D eigenvalue weighted by Crippen LogP contribution is 2.34. The first-order valence-corrected chi connectivity index (χ1v) is 12.1. The van der Waals surface area contributed by atoms with Crippen LogP contribution in [0.15, 0.2) is 42.5 Å². The van der Waals surface area contributed by atoms with Crippen molar-refractivity contribution in [3.05, 3.63) is 53.6 Å². The van der Waals surface area contributed by atoms with Crippen LogP contribution < -0.4 is 10.2 Å². The van der Waals surface area contributed by atoms with Crippen molar-refractivity contribution in [2.75, 3.05) is 24.5 Å². The number of piperidine rings is 1. The summed E-state index contributed by atoms with van der Waals surface area (Å²) in [5.74, 6) is 0.875. The third kappa shape index (κ3) is 5.59. The fraction of sp³-hybridized carbons (Fsp3) is 0.444. The second-order valence-electron chi connectivity index (χ2n) is 9.64. The number of benzene rings is 2. The Balaban J connectivity index is 1.58. The molecule has 35 heavy (non-hydrogen) atoms. The van der Waals surface area contributed by atoms with Crippen molar-refractivity contribution < 1.29 is 18.7 Å². The quantitative estimate of drug-likeness (QED) is 0.501. The number of alkyl halides is 2. The number of aliphatic hydroxyl groups is 1. The molecule has 186 valence electrons. The number of halogens is 2. The van der Waals surface area contributed by atoms with Gasteiger partial charge in [-0.3, -0.25) is 4.79 Å². The number of nitrogens with zero attached hydrogens (tertiary/aromatic N) is 3. The number of carbonyl (C=O) groups excluding carboxylic acids is 1. The first-order chi connectivity index (χ1) is 16.7. The minimum atomic E-state index is -2.62. The van der Waals surface area contributed by atoms with E-state index in [2.05, 4.69) is 15.2 Å². The van der Waals surface area contributed by atoms with Crippen molar-refractivity contribution in [2.45, 2.75) is 46.1 Å². The van der Waals surface area contributed by atoms with Crippen molar-refractivity contribution in [1.29, 1.82) is 0 Å². The second-order valence-corrected chi connectivity index (χ2v) is 9.64. The molecule has 0 unspecified atom stereocenters. The molecule has 1 atom stereocenters. The van der Waals surface area contributed by atoms with E-state index in [1.165, 1.54) is 6.07 Å². The smallest absolute Gasteiger partial charge is 0.264 e. The fourth-order valence-electron chi connectivity index (χ4n) is 4.48. The molecule has 6 nitrogen and oxygen atoms in total. The molecular formula is C27H32F2N4O2. The summed E-state index contributed by atoms with van der Waals surface area (Å²) in [6, 6.07) is 12.3. The number of hydrogen-bond donors (Lipinski definition) is 2. The van der Waals surface area contributed by atoms with Crippen LogP contribution in [0, 0.1) is 18.8 Å². The molecule has 3 aromatic rings. The highest BCUT2D eigenvalue weighted by Gasteiger charge is 2.25. The maximum Gasteiger partial charge on any atom is 0.264 e. The van der Waals surface area contributed by atoms with E-state index < -0.39 is 12.5 Å². The molecule has 1 saturated heterocycles. The molecule has 0 saturated carbocycles. The number of aryl methyl sites for hydroxylation is 1. The third-order valence-electron chi connectivity index (χ3n) is 6.65. The van der Waals surface area contributed by atoms with Crippen LogP contribution in [0.1, 0.15) is 44.2 Å². The summed E-state index contributed by atoms with van der Waals surface area (Å²) in [5.41, 5.74) is 2.02. The molecule has 0 bridgehead atoms. The topological polar surface area (TPSA) is 78.4 Å². The molecule has 4 rings (SSSR count). The minimum absolute atomic E-state index is 0.0801. The monoisotopic (exact) mass is 482 g/mol. The van der Waals surface area contributed by atoms with Gasteiger partial charge in [-0.1, -0.05) is 44.2 Å². The molecule has 1 fully saturated rings. The summed E-state index contributed by atoms with van der Waals surface area (Å²) < 4.78 is 27.4. The van der Waals surface area contributed by atoms with Crippen LogP contribution in [0.2, 0.25) is 0 Å². The van der Waals surface area contributed by atoms with E-state index in [-0.39, 0.29) is 17.4 Å². The Morgan fingerprint density at radius 1 is 1.14 bits per heavy atom. The van der Waals surface area contributed by atoms with Gasteiger partial charge in [-0.15, -0.1) is 0 Å². The van der Waals surface area contributed by atoms with Gasteiger partial charge in [0.2, 0.25) is 5.91 Å². The fourth-order valence-corrected chi connectivity index (χ4v) is 4.48. The number of amides is 1. The first kappa shape index (κ1) is 25.0. The Hall–Kier alpha value is -3.13. The zero-order valence-corrected chi connectivity index (χ0v) is 20.3. The maximum absolute atomic E-state index is 13.7. The van der Waals surface area contributed by atoms with E-state index in [0.29, 0.717) is 23.9 Å². The molecule has 1 aliphatic heterocycles. The lowest BCUT2D eigenvalue weighted by Gasteiger charge is -2.34. The summed E-state index contributed by atoms with van der Waals surface area (Å²) in [5, 5.41) is 13.7. The van der Waals surface area contributed by atoms with E-state index >= 15 is 0 Å². The van der Waals surface area contributed by atoms with Gasteiger partial charge in [0.15, 0.2) is 5.82 Å². The Morgan fingerprint density at radius 3 is 2.54 bits per heavy atom. The number of anilines is 1. The molecule has 0 aliphatic carbocycles. The van der Waals surface area contributed by atoms with Crippen molar-refractivity contribution in [3.8, 4) is 11.4 Å². The van der Waals surface area contributed by atoms with Crippen LogP contribution >= 0.6 is 0 Å². The highest BCUT2D eigenvalue weighted by atomic mass is 19.3. The average Bonchev–Trinajstić information content (AvgIpc) is 2.86. The zero-order chi connectivity index (χ0) is 25.1. The van der Waals surface area contributed by atoms with Crippen molar-refractivity contribution >= 4 is 22.6 Å². The molecule has 1 aromatic heterocycles. The Bertz CT molecular complexity index is 1190. The predicted octanol–water partition coefficient (Wildman–Crippen LogP) is 4.89. The van der Waals surface area contributed by atoms with Gasteiger partial charge in [-0.2, -0.15) is 0 Å². The number of fused-ring (bicyclic) bond motifs is 1. The van der Waals surface area contributed by atoms with Crippen LogP contribution in [-0.4, -0.2) is 46.7 Å². The lowest BCUT2D eigenvalue weighted by Crippen LogP contribution is -2.43. The summed E-state index contributed by atoms with van der Waals surface area (Å²) in [6.45, 7) is 7.57. The van der Waals surface area contributed by atoms with Crippen molar-refractivity contribution in [1.82, 2.24) is 15.3 Å². The summed E-state index contributed by atoms with van der Waals surface area (Å²) in [7, 11) is 0. The molecule has 0 radical (unpaired) electrons. The standard InChI is InChI=1S/C27H32F2N4O2/c1-16(2)23(34)27(35)30-15-18-10-12-33(13-11-18)26-21-9-8-17(3)14-22(21)31-25(32-26)20-7-5-4-6-19(20)24(28)29/h4-9,14,16,18,23-24,34H,10-13,15H2,1-3H3,(H,30,35)/t23-/m1/s1. The lowest BCUT2D eigenvalue weighted by atomic mass is 9.96. The third-order valence-corrected chi connectivity index (χ3v) is 6.65. The number of carbonyl (C=O) groups is 1. The number of aromatic nitrogens is 2. The summed E-state index contributed by atoms with van der Waals surface area (Å²) >= 11 is 0. The Labute approximate surface area is 204 Å². The van der Waals surface area contributed by atoms with Gasteiger partial charge >= 0.3 is 0 Å².